The molecule has 0 saturated carbocycles. The highest BCUT2D eigenvalue weighted by Crippen LogP contribution is 1.94. The number of sulfone groups is 1. The summed E-state index contributed by atoms with van der Waals surface area (Å²) in [7, 11) is -2.97. The predicted molar refractivity (Wildman–Crippen MR) is 34.9 cm³/mol. The fourth-order valence-electron chi connectivity index (χ4n) is 0.517. The van der Waals surface area contributed by atoms with Gasteiger partial charge in [-0.3, -0.25) is 0 Å². The quantitative estimate of drug-likeness (QED) is 0.526. The summed E-state index contributed by atoms with van der Waals surface area (Å²) in [6.07, 6.45) is 1.76. The molecule has 0 amide bonds. The highest BCUT2D eigenvalue weighted by atomic mass is 32.2. The van der Waals surface area contributed by atoms with Crippen LogP contribution < -0.4 is 0 Å². The molecule has 0 radical (unpaired) electrons. The maximum Gasteiger partial charge on any atom is 0.148 e. The van der Waals surface area contributed by atoms with E-state index < -0.39 is 9.84 Å². The minimum Gasteiger partial charge on any atom is -0.303 e. The third-order valence-corrected chi connectivity index (χ3v) is 1.93. The Hall–Kier alpha value is -0.380. The zero-order chi connectivity index (χ0) is 7.49. The molecular formula is C5H10O3S. The zero-order valence-electron chi connectivity index (χ0n) is 5.49. The summed E-state index contributed by atoms with van der Waals surface area (Å²) >= 11 is 0. The lowest BCUT2D eigenvalue weighted by atomic mass is 10.3. The van der Waals surface area contributed by atoms with E-state index in [2.05, 4.69) is 0 Å². The van der Waals surface area contributed by atoms with Gasteiger partial charge >= 0.3 is 0 Å². The van der Waals surface area contributed by atoms with Gasteiger partial charge in [-0.05, 0) is 0 Å². The van der Waals surface area contributed by atoms with Crippen molar-refractivity contribution in [3.63, 3.8) is 0 Å². The maximum absolute atomic E-state index is 10.4. The molecule has 9 heavy (non-hydrogen) atoms. The molecule has 0 aromatic carbocycles. The lowest BCUT2D eigenvalue weighted by Gasteiger charge is -1.97. The van der Waals surface area contributed by atoms with Crippen LogP contribution in [0.1, 0.15) is 6.92 Å². The van der Waals surface area contributed by atoms with Crippen LogP contribution in [-0.4, -0.2) is 26.7 Å². The number of rotatable bonds is 3. The van der Waals surface area contributed by atoms with Crippen molar-refractivity contribution in [2.45, 2.75) is 6.92 Å². The van der Waals surface area contributed by atoms with Crippen molar-refractivity contribution in [3.05, 3.63) is 0 Å². The van der Waals surface area contributed by atoms with E-state index in [4.69, 9.17) is 0 Å². The van der Waals surface area contributed by atoms with Crippen LogP contribution in [0, 0.1) is 5.92 Å². The maximum atomic E-state index is 10.4. The molecule has 0 aromatic heterocycles. The highest BCUT2D eigenvalue weighted by molar-refractivity contribution is 7.90. The molecule has 54 valence electrons. The number of hydrogen-bond acceptors (Lipinski definition) is 3. The highest BCUT2D eigenvalue weighted by Gasteiger charge is 2.07. The predicted octanol–water partition coefficient (Wildman–Crippen LogP) is -0.134. The fraction of sp³-hybridized carbons (Fsp3) is 0.800. The van der Waals surface area contributed by atoms with Gasteiger partial charge in [0.2, 0.25) is 0 Å². The van der Waals surface area contributed by atoms with Gasteiger partial charge in [0.1, 0.15) is 16.1 Å². The Morgan fingerprint density at radius 2 is 2.00 bits per heavy atom. The molecule has 0 rings (SSSR count). The van der Waals surface area contributed by atoms with E-state index in [1.807, 2.05) is 0 Å². The largest absolute Gasteiger partial charge is 0.303 e. The van der Waals surface area contributed by atoms with Crippen molar-refractivity contribution in [2.75, 3.05) is 12.0 Å². The van der Waals surface area contributed by atoms with Crippen LogP contribution in [0.3, 0.4) is 0 Å². The Morgan fingerprint density at radius 1 is 1.56 bits per heavy atom. The van der Waals surface area contributed by atoms with Crippen molar-refractivity contribution < 1.29 is 13.2 Å². The summed E-state index contributed by atoms with van der Waals surface area (Å²) < 4.78 is 20.9. The Kier molecular flexibility index (Phi) is 2.84. The summed E-state index contributed by atoms with van der Waals surface area (Å²) in [5, 5.41) is 0. The molecule has 0 N–H and O–H groups in total. The van der Waals surface area contributed by atoms with Crippen LogP contribution in [0.2, 0.25) is 0 Å². The van der Waals surface area contributed by atoms with Crippen LogP contribution in [0.25, 0.3) is 0 Å². The number of carbonyl (C=O) groups is 1. The monoisotopic (exact) mass is 150 g/mol. The second-order valence-electron chi connectivity index (χ2n) is 2.21. The molecule has 0 bridgehead atoms. The zero-order valence-corrected chi connectivity index (χ0v) is 6.31. The van der Waals surface area contributed by atoms with Gasteiger partial charge in [-0.2, -0.15) is 0 Å². The smallest absolute Gasteiger partial charge is 0.148 e. The average molecular weight is 150 g/mol. The second-order valence-corrected chi connectivity index (χ2v) is 4.39. The van der Waals surface area contributed by atoms with Gasteiger partial charge in [0.25, 0.3) is 0 Å². The van der Waals surface area contributed by atoms with Gasteiger partial charge in [-0.15, -0.1) is 0 Å². The first-order valence-corrected chi connectivity index (χ1v) is 4.65. The van der Waals surface area contributed by atoms with Crippen LogP contribution in [0.15, 0.2) is 0 Å². The van der Waals surface area contributed by atoms with Crippen LogP contribution in [0.4, 0.5) is 0 Å². The van der Waals surface area contributed by atoms with E-state index in [0.717, 1.165) is 6.26 Å². The van der Waals surface area contributed by atoms with Gasteiger partial charge < -0.3 is 4.79 Å². The van der Waals surface area contributed by atoms with Gasteiger partial charge in [0.15, 0.2) is 0 Å². The van der Waals surface area contributed by atoms with Crippen molar-refractivity contribution in [3.8, 4) is 0 Å². The second kappa shape index (κ2) is 2.96. The first kappa shape index (κ1) is 8.62. The lowest BCUT2D eigenvalue weighted by Crippen LogP contribution is -2.12. The van der Waals surface area contributed by atoms with Gasteiger partial charge in [-0.25, -0.2) is 8.42 Å². The molecule has 0 aliphatic heterocycles. The molecule has 1 unspecified atom stereocenters. The fourth-order valence-corrected chi connectivity index (χ4v) is 1.55. The standard InChI is InChI=1S/C5H10O3S/c1-5(3-6)4-9(2,7)8/h3,5H,4H2,1-2H3. The summed E-state index contributed by atoms with van der Waals surface area (Å²) in [4.78, 5) is 9.92. The van der Waals surface area contributed by atoms with E-state index in [-0.39, 0.29) is 11.7 Å². The van der Waals surface area contributed by atoms with Crippen molar-refractivity contribution in [1.29, 1.82) is 0 Å². The van der Waals surface area contributed by atoms with Gasteiger partial charge in [-0.1, -0.05) is 6.92 Å². The van der Waals surface area contributed by atoms with E-state index in [0.29, 0.717) is 6.29 Å². The van der Waals surface area contributed by atoms with Crippen molar-refractivity contribution >= 4 is 16.1 Å². The molecule has 0 aromatic rings. The molecule has 4 heteroatoms. The Bertz CT molecular complexity index is 180. The Labute approximate surface area is 55.0 Å². The molecule has 1 atom stereocenters. The molecule has 0 aliphatic rings. The molecule has 0 aliphatic carbocycles. The number of hydrogen-bond donors (Lipinski definition) is 0. The third-order valence-electron chi connectivity index (χ3n) is 0.798. The minimum absolute atomic E-state index is 0.0451. The molecule has 0 fully saturated rings. The SMILES string of the molecule is CC(C=O)CS(C)(=O)=O. The first-order chi connectivity index (χ1) is 3.95. The van der Waals surface area contributed by atoms with Crippen LogP contribution in [0.5, 0.6) is 0 Å². The molecule has 0 spiro atoms. The van der Waals surface area contributed by atoms with E-state index in [1.54, 1.807) is 6.92 Å². The van der Waals surface area contributed by atoms with Crippen LogP contribution in [-0.2, 0) is 14.6 Å². The number of aldehydes is 1. The van der Waals surface area contributed by atoms with E-state index >= 15 is 0 Å². The summed E-state index contributed by atoms with van der Waals surface area (Å²) in [6, 6.07) is 0. The van der Waals surface area contributed by atoms with Gasteiger partial charge in [0.05, 0.1) is 5.75 Å². The summed E-state index contributed by atoms with van der Waals surface area (Å²) in [6.45, 7) is 1.58. The molecular weight excluding hydrogens is 140 g/mol. The average Bonchev–Trinajstić information content (AvgIpc) is 1.62. The third kappa shape index (κ3) is 5.49. The molecule has 3 nitrogen and oxygen atoms in total. The van der Waals surface area contributed by atoms with Crippen molar-refractivity contribution in [2.24, 2.45) is 5.92 Å². The first-order valence-electron chi connectivity index (χ1n) is 2.58. The van der Waals surface area contributed by atoms with Crippen LogP contribution >= 0.6 is 0 Å². The topological polar surface area (TPSA) is 51.2 Å². The van der Waals surface area contributed by atoms with Gasteiger partial charge in [0, 0.05) is 12.2 Å². The molecule has 0 saturated heterocycles. The number of carbonyl (C=O) groups excluding carboxylic acids is 1. The molecule has 0 heterocycles. The summed E-state index contributed by atoms with van der Waals surface area (Å²) in [5.41, 5.74) is 0. The van der Waals surface area contributed by atoms with E-state index in [1.165, 1.54) is 0 Å². The van der Waals surface area contributed by atoms with Crippen molar-refractivity contribution in [1.82, 2.24) is 0 Å². The minimum atomic E-state index is -2.97. The summed E-state index contributed by atoms with van der Waals surface area (Å²) in [5.74, 6) is -0.420. The Morgan fingerprint density at radius 3 is 2.11 bits per heavy atom. The Balaban J connectivity index is 3.89. The normalized spacial score (nSPS) is 14.9. The lowest BCUT2D eigenvalue weighted by molar-refractivity contribution is -0.110. The van der Waals surface area contributed by atoms with E-state index in [9.17, 15) is 13.2 Å².